The molecule has 0 radical (unpaired) electrons. The SMILES string of the molecule is COc1ccc(S(=O)(=O)c2ccccc2)cc1N(C)c1occ2ccccc12. The van der Waals surface area contributed by atoms with Gasteiger partial charge in [0.1, 0.15) is 12.0 Å². The summed E-state index contributed by atoms with van der Waals surface area (Å²) in [5.74, 6) is 1.16. The van der Waals surface area contributed by atoms with Crippen molar-refractivity contribution in [1.82, 2.24) is 0 Å². The van der Waals surface area contributed by atoms with E-state index in [-0.39, 0.29) is 9.79 Å². The van der Waals surface area contributed by atoms with Gasteiger partial charge in [0.25, 0.3) is 0 Å². The van der Waals surface area contributed by atoms with Crippen LogP contribution in [0.2, 0.25) is 0 Å². The monoisotopic (exact) mass is 393 g/mol. The minimum absolute atomic E-state index is 0.192. The number of methoxy groups -OCH3 is 1. The number of anilines is 2. The molecule has 4 aromatic rings. The van der Waals surface area contributed by atoms with Gasteiger partial charge in [0.15, 0.2) is 0 Å². The maximum atomic E-state index is 13.0. The zero-order valence-corrected chi connectivity index (χ0v) is 16.3. The minimum atomic E-state index is -3.64. The first-order valence-electron chi connectivity index (χ1n) is 8.70. The van der Waals surface area contributed by atoms with Crippen molar-refractivity contribution in [3.63, 3.8) is 0 Å². The zero-order chi connectivity index (χ0) is 19.7. The van der Waals surface area contributed by atoms with Crippen molar-refractivity contribution < 1.29 is 17.6 Å². The summed E-state index contributed by atoms with van der Waals surface area (Å²) in [5.41, 5.74) is 0.597. The van der Waals surface area contributed by atoms with E-state index in [1.165, 1.54) is 0 Å². The van der Waals surface area contributed by atoms with Crippen LogP contribution in [0.4, 0.5) is 11.6 Å². The third kappa shape index (κ3) is 3.01. The fourth-order valence-corrected chi connectivity index (χ4v) is 4.48. The van der Waals surface area contributed by atoms with E-state index in [2.05, 4.69) is 0 Å². The molecular weight excluding hydrogens is 374 g/mol. The molecule has 0 saturated heterocycles. The zero-order valence-electron chi connectivity index (χ0n) is 15.5. The number of hydrogen-bond donors (Lipinski definition) is 0. The van der Waals surface area contributed by atoms with Gasteiger partial charge in [-0.15, -0.1) is 0 Å². The van der Waals surface area contributed by atoms with E-state index in [4.69, 9.17) is 9.15 Å². The van der Waals surface area contributed by atoms with Gasteiger partial charge in [-0.05, 0) is 36.4 Å². The lowest BCUT2D eigenvalue weighted by molar-refractivity contribution is 0.414. The molecule has 28 heavy (non-hydrogen) atoms. The number of sulfone groups is 1. The Bertz CT molecular complexity index is 1230. The lowest BCUT2D eigenvalue weighted by Gasteiger charge is -2.20. The molecule has 1 aromatic heterocycles. The number of furan rings is 1. The van der Waals surface area contributed by atoms with E-state index >= 15 is 0 Å². The quantitative estimate of drug-likeness (QED) is 0.475. The largest absolute Gasteiger partial charge is 0.495 e. The van der Waals surface area contributed by atoms with Crippen molar-refractivity contribution in [2.75, 3.05) is 19.1 Å². The van der Waals surface area contributed by atoms with Crippen LogP contribution in [-0.2, 0) is 9.84 Å². The number of rotatable bonds is 5. The topological polar surface area (TPSA) is 59.8 Å². The van der Waals surface area contributed by atoms with Crippen molar-refractivity contribution in [3.05, 3.63) is 79.1 Å². The predicted octanol–water partition coefficient (Wildman–Crippen LogP) is 5.04. The molecule has 0 spiro atoms. The molecule has 0 bridgehead atoms. The summed E-state index contributed by atoms with van der Waals surface area (Å²) in [7, 11) is -0.269. The summed E-state index contributed by atoms with van der Waals surface area (Å²) >= 11 is 0. The second-order valence-corrected chi connectivity index (χ2v) is 8.29. The molecule has 6 heteroatoms. The molecule has 4 rings (SSSR count). The van der Waals surface area contributed by atoms with Gasteiger partial charge in [-0.25, -0.2) is 8.42 Å². The Hall–Kier alpha value is -3.25. The average molecular weight is 393 g/mol. The Morgan fingerprint density at radius 2 is 1.61 bits per heavy atom. The van der Waals surface area contributed by atoms with Gasteiger partial charge in [-0.1, -0.05) is 36.4 Å². The lowest BCUT2D eigenvalue weighted by atomic mass is 10.2. The van der Waals surface area contributed by atoms with Crippen LogP contribution in [0.25, 0.3) is 10.8 Å². The maximum absolute atomic E-state index is 13.0. The first-order valence-corrected chi connectivity index (χ1v) is 10.2. The highest BCUT2D eigenvalue weighted by Crippen LogP contribution is 2.39. The lowest BCUT2D eigenvalue weighted by Crippen LogP contribution is -2.12. The summed E-state index contributed by atoms with van der Waals surface area (Å²) in [4.78, 5) is 2.24. The van der Waals surface area contributed by atoms with E-state index < -0.39 is 9.84 Å². The Kier molecular flexibility index (Phi) is 4.57. The van der Waals surface area contributed by atoms with Crippen molar-refractivity contribution in [3.8, 4) is 5.75 Å². The van der Waals surface area contributed by atoms with Crippen LogP contribution in [-0.4, -0.2) is 22.6 Å². The highest BCUT2D eigenvalue weighted by atomic mass is 32.2. The smallest absolute Gasteiger partial charge is 0.207 e. The van der Waals surface area contributed by atoms with Crippen molar-refractivity contribution >= 4 is 32.2 Å². The number of nitrogens with zero attached hydrogens (tertiary/aromatic N) is 1. The molecule has 0 fully saturated rings. The summed E-state index contributed by atoms with van der Waals surface area (Å²) in [5, 5.41) is 1.90. The summed E-state index contributed by atoms with van der Waals surface area (Å²) in [6.07, 6.45) is 1.68. The Balaban J connectivity index is 1.84. The molecule has 1 heterocycles. The molecule has 0 saturated carbocycles. The van der Waals surface area contributed by atoms with E-state index in [0.717, 1.165) is 10.8 Å². The standard InChI is InChI=1S/C22H19NO4S/c1-23(22-19-11-7-6-8-16(19)15-27-22)20-14-18(12-13-21(20)26-2)28(24,25)17-9-4-3-5-10-17/h3-15H,1-2H3. The van der Waals surface area contributed by atoms with Gasteiger partial charge >= 0.3 is 0 Å². The van der Waals surface area contributed by atoms with E-state index in [9.17, 15) is 8.42 Å². The summed E-state index contributed by atoms with van der Waals surface area (Å²) in [6.45, 7) is 0. The number of hydrogen-bond acceptors (Lipinski definition) is 5. The average Bonchev–Trinajstić information content (AvgIpc) is 3.17. The number of fused-ring (bicyclic) bond motifs is 1. The Labute approximate surface area is 163 Å². The van der Waals surface area contributed by atoms with Crippen LogP contribution in [0.3, 0.4) is 0 Å². The van der Waals surface area contributed by atoms with E-state index in [0.29, 0.717) is 17.3 Å². The molecule has 0 atom stereocenters. The van der Waals surface area contributed by atoms with Gasteiger partial charge in [0.2, 0.25) is 15.7 Å². The van der Waals surface area contributed by atoms with Crippen LogP contribution in [0.1, 0.15) is 0 Å². The van der Waals surface area contributed by atoms with Crippen LogP contribution < -0.4 is 9.64 Å². The molecule has 0 aliphatic rings. The fourth-order valence-electron chi connectivity index (χ4n) is 3.18. The molecule has 5 nitrogen and oxygen atoms in total. The first kappa shape index (κ1) is 18.1. The Morgan fingerprint density at radius 3 is 2.36 bits per heavy atom. The second-order valence-electron chi connectivity index (χ2n) is 6.34. The maximum Gasteiger partial charge on any atom is 0.207 e. The molecular formula is C22H19NO4S. The van der Waals surface area contributed by atoms with E-state index in [1.807, 2.05) is 31.3 Å². The highest BCUT2D eigenvalue weighted by Gasteiger charge is 2.22. The normalized spacial score (nSPS) is 11.5. The molecule has 142 valence electrons. The van der Waals surface area contributed by atoms with Crippen molar-refractivity contribution in [2.24, 2.45) is 0 Å². The third-order valence-corrected chi connectivity index (χ3v) is 6.44. The van der Waals surface area contributed by atoms with Crippen LogP contribution in [0.5, 0.6) is 5.75 Å². The molecule has 0 aliphatic carbocycles. The van der Waals surface area contributed by atoms with Crippen LogP contribution in [0, 0.1) is 0 Å². The second kappa shape index (κ2) is 7.05. The van der Waals surface area contributed by atoms with Gasteiger partial charge in [0.05, 0.1) is 22.6 Å². The Morgan fingerprint density at radius 1 is 0.893 bits per heavy atom. The van der Waals surface area contributed by atoms with Crippen LogP contribution >= 0.6 is 0 Å². The minimum Gasteiger partial charge on any atom is -0.495 e. The third-order valence-electron chi connectivity index (χ3n) is 4.67. The molecule has 0 amide bonds. The highest BCUT2D eigenvalue weighted by molar-refractivity contribution is 7.91. The fraction of sp³-hybridized carbons (Fsp3) is 0.0909. The van der Waals surface area contributed by atoms with Crippen molar-refractivity contribution in [2.45, 2.75) is 9.79 Å². The number of ether oxygens (including phenoxy) is 1. The molecule has 3 aromatic carbocycles. The molecule has 0 N–H and O–H groups in total. The summed E-state index contributed by atoms with van der Waals surface area (Å²) in [6, 6.07) is 21.0. The van der Waals surface area contributed by atoms with Gasteiger partial charge in [-0.2, -0.15) is 0 Å². The molecule has 0 unspecified atom stereocenters. The van der Waals surface area contributed by atoms with Gasteiger partial charge in [-0.3, -0.25) is 0 Å². The van der Waals surface area contributed by atoms with Crippen molar-refractivity contribution in [1.29, 1.82) is 0 Å². The number of benzene rings is 3. The van der Waals surface area contributed by atoms with E-state index in [1.54, 1.807) is 66.8 Å². The summed E-state index contributed by atoms with van der Waals surface area (Å²) < 4.78 is 37.3. The first-order chi connectivity index (χ1) is 13.5. The van der Waals surface area contributed by atoms with Gasteiger partial charge < -0.3 is 14.1 Å². The van der Waals surface area contributed by atoms with Gasteiger partial charge in [0, 0.05) is 17.8 Å². The van der Waals surface area contributed by atoms with Crippen LogP contribution in [0.15, 0.2) is 93.3 Å². The predicted molar refractivity (Wildman–Crippen MR) is 109 cm³/mol. The molecule has 0 aliphatic heterocycles.